The van der Waals surface area contributed by atoms with Gasteiger partial charge in [0.1, 0.15) is 0 Å². The van der Waals surface area contributed by atoms with E-state index in [-0.39, 0.29) is 17.6 Å². The third-order valence-electron chi connectivity index (χ3n) is 3.87. The summed E-state index contributed by atoms with van der Waals surface area (Å²) >= 11 is 5.01. The fraction of sp³-hybridized carbons (Fsp3) is 0.500. The van der Waals surface area contributed by atoms with E-state index < -0.39 is 15.1 Å². The second-order valence-electron chi connectivity index (χ2n) is 4.97. The highest BCUT2D eigenvalue weighted by Gasteiger charge is 2.59. The zero-order valence-electron chi connectivity index (χ0n) is 11.2. The van der Waals surface area contributed by atoms with Crippen LogP contribution in [-0.2, 0) is 16.3 Å². The van der Waals surface area contributed by atoms with Gasteiger partial charge in [0, 0.05) is 17.6 Å². The monoisotopic (exact) mass is 297 g/mol. The third-order valence-corrected chi connectivity index (χ3v) is 6.37. The lowest BCUT2D eigenvalue weighted by Gasteiger charge is -2.02. The van der Waals surface area contributed by atoms with Crippen molar-refractivity contribution < 1.29 is 8.42 Å². The molecule has 0 bridgehead atoms. The molecule has 0 aliphatic heterocycles. The van der Waals surface area contributed by atoms with Gasteiger partial charge in [-0.25, -0.2) is 8.42 Å². The smallest absolute Gasteiger partial charge is 0.154 e. The number of nitrogens with two attached hydrogens (primary N) is 1. The van der Waals surface area contributed by atoms with Gasteiger partial charge in [0.25, 0.3) is 0 Å². The first-order valence-corrected chi connectivity index (χ1v) is 8.64. The van der Waals surface area contributed by atoms with E-state index in [0.717, 1.165) is 12.0 Å². The van der Waals surface area contributed by atoms with Gasteiger partial charge in [-0.05, 0) is 17.5 Å². The molecular formula is C14H19NO2S2. The molecule has 1 aromatic rings. The van der Waals surface area contributed by atoms with Crippen LogP contribution in [0.3, 0.4) is 0 Å². The summed E-state index contributed by atoms with van der Waals surface area (Å²) in [6, 6.07) is 8.08. The Hall–Kier alpha value is -0.940. The first-order chi connectivity index (χ1) is 8.92. The van der Waals surface area contributed by atoms with E-state index in [2.05, 4.69) is 6.92 Å². The largest absolute Gasteiger partial charge is 0.393 e. The lowest BCUT2D eigenvalue weighted by molar-refractivity contribution is 0.594. The number of sulfone groups is 1. The molecule has 0 aromatic heterocycles. The van der Waals surface area contributed by atoms with Crippen molar-refractivity contribution in [2.75, 3.05) is 5.75 Å². The van der Waals surface area contributed by atoms with Crippen molar-refractivity contribution in [2.24, 2.45) is 11.7 Å². The first kappa shape index (κ1) is 14.5. The summed E-state index contributed by atoms with van der Waals surface area (Å²) in [4.78, 5) is 0.312. The Bertz CT molecular complexity index is 578. The van der Waals surface area contributed by atoms with Crippen molar-refractivity contribution in [3.63, 3.8) is 0 Å². The van der Waals surface area contributed by atoms with Gasteiger partial charge in [0.2, 0.25) is 0 Å². The van der Waals surface area contributed by atoms with Crippen LogP contribution < -0.4 is 5.73 Å². The highest BCUT2D eigenvalue weighted by molar-refractivity contribution is 7.92. The summed E-state index contributed by atoms with van der Waals surface area (Å²) in [7, 11) is -3.10. The predicted octanol–water partition coefficient (Wildman–Crippen LogP) is 2.05. The van der Waals surface area contributed by atoms with Gasteiger partial charge in [0.15, 0.2) is 9.84 Å². The Morgan fingerprint density at radius 3 is 2.26 bits per heavy atom. The van der Waals surface area contributed by atoms with Crippen LogP contribution in [0.4, 0.5) is 0 Å². The minimum absolute atomic E-state index is 0.0617. The number of hydrogen-bond acceptors (Lipinski definition) is 3. The van der Waals surface area contributed by atoms with E-state index in [9.17, 15) is 8.42 Å². The molecule has 1 aliphatic rings. The molecule has 19 heavy (non-hydrogen) atoms. The highest BCUT2D eigenvalue weighted by atomic mass is 32.2. The van der Waals surface area contributed by atoms with E-state index in [0.29, 0.717) is 4.99 Å². The van der Waals surface area contributed by atoms with E-state index in [4.69, 9.17) is 18.0 Å². The second-order valence-corrected chi connectivity index (χ2v) is 7.88. The van der Waals surface area contributed by atoms with Gasteiger partial charge in [0.05, 0.1) is 10.2 Å². The molecule has 0 unspecified atom stereocenters. The first-order valence-electron chi connectivity index (χ1n) is 6.52. The van der Waals surface area contributed by atoms with Crippen molar-refractivity contribution in [2.45, 2.75) is 31.4 Å². The van der Waals surface area contributed by atoms with Crippen molar-refractivity contribution >= 4 is 27.0 Å². The Kier molecular flexibility index (Phi) is 3.97. The summed E-state index contributed by atoms with van der Waals surface area (Å²) in [5, 5.41) is -0.428. The summed E-state index contributed by atoms with van der Waals surface area (Å²) in [6.45, 7) is 3.76. The van der Waals surface area contributed by atoms with Crippen molar-refractivity contribution in [1.29, 1.82) is 0 Å². The minimum atomic E-state index is -3.10. The van der Waals surface area contributed by atoms with Gasteiger partial charge in [-0.15, -0.1) is 0 Å². The SMILES string of the molecule is CCc1ccc([C@@H]2[C@H](C(N)=S)[C@@H]2S(=O)(=O)CC)cc1. The van der Waals surface area contributed by atoms with Crippen LogP contribution >= 0.6 is 12.2 Å². The Labute approximate surface area is 120 Å². The molecule has 0 amide bonds. The Morgan fingerprint density at radius 2 is 1.84 bits per heavy atom. The van der Waals surface area contributed by atoms with E-state index in [1.807, 2.05) is 24.3 Å². The standard InChI is InChI=1S/C14H19NO2S2/c1-3-9-5-7-10(8-6-9)11-12(14(15)18)13(11)19(16,17)4-2/h5-8,11-13H,3-4H2,1-2H3,(H2,15,18)/t11-,12+,13-/m1/s1. The number of thiocarbonyl (C=S) groups is 1. The normalized spacial score (nSPS) is 26.1. The van der Waals surface area contributed by atoms with Crippen LogP contribution in [-0.4, -0.2) is 24.4 Å². The average molecular weight is 297 g/mol. The topological polar surface area (TPSA) is 60.2 Å². The number of benzene rings is 1. The second kappa shape index (κ2) is 5.21. The summed E-state index contributed by atoms with van der Waals surface area (Å²) in [5.41, 5.74) is 7.96. The molecule has 1 aliphatic carbocycles. The van der Waals surface area contributed by atoms with Crippen LogP contribution in [0, 0.1) is 5.92 Å². The van der Waals surface area contributed by atoms with Crippen LogP contribution in [0.2, 0.25) is 0 Å². The maximum absolute atomic E-state index is 12.1. The van der Waals surface area contributed by atoms with Crippen molar-refractivity contribution in [3.8, 4) is 0 Å². The number of aryl methyl sites for hydroxylation is 1. The maximum atomic E-state index is 12.1. The van der Waals surface area contributed by atoms with Gasteiger partial charge < -0.3 is 5.73 Å². The number of rotatable bonds is 5. The zero-order chi connectivity index (χ0) is 14.2. The van der Waals surface area contributed by atoms with Gasteiger partial charge in [-0.3, -0.25) is 0 Å². The van der Waals surface area contributed by atoms with E-state index >= 15 is 0 Å². The van der Waals surface area contributed by atoms with Crippen LogP contribution in [0.1, 0.15) is 30.9 Å². The molecule has 5 heteroatoms. The molecule has 104 valence electrons. The summed E-state index contributed by atoms with van der Waals surface area (Å²) in [6.07, 6.45) is 0.973. The Morgan fingerprint density at radius 1 is 1.26 bits per heavy atom. The van der Waals surface area contributed by atoms with Gasteiger partial charge in [-0.1, -0.05) is 50.3 Å². The number of hydrogen-bond donors (Lipinski definition) is 1. The molecule has 1 saturated carbocycles. The fourth-order valence-electron chi connectivity index (χ4n) is 2.63. The maximum Gasteiger partial charge on any atom is 0.154 e. The summed E-state index contributed by atoms with van der Waals surface area (Å²) < 4.78 is 24.1. The molecule has 2 rings (SSSR count). The van der Waals surface area contributed by atoms with E-state index in [1.165, 1.54) is 5.56 Å². The van der Waals surface area contributed by atoms with Crippen LogP contribution in [0.25, 0.3) is 0 Å². The lowest BCUT2D eigenvalue weighted by Crippen LogP contribution is -2.18. The van der Waals surface area contributed by atoms with Crippen molar-refractivity contribution in [3.05, 3.63) is 35.4 Å². The average Bonchev–Trinajstić information content (AvgIpc) is 3.15. The molecule has 0 saturated heterocycles. The molecule has 3 nitrogen and oxygen atoms in total. The van der Waals surface area contributed by atoms with Crippen LogP contribution in [0.15, 0.2) is 24.3 Å². The molecule has 3 atom stereocenters. The molecule has 1 aromatic carbocycles. The zero-order valence-corrected chi connectivity index (χ0v) is 12.8. The molecule has 2 N–H and O–H groups in total. The third kappa shape index (κ3) is 2.67. The molecule has 1 fully saturated rings. The van der Waals surface area contributed by atoms with E-state index in [1.54, 1.807) is 6.92 Å². The lowest BCUT2D eigenvalue weighted by atomic mass is 10.1. The van der Waals surface area contributed by atoms with Gasteiger partial charge in [-0.2, -0.15) is 0 Å². The quantitative estimate of drug-likeness (QED) is 0.845. The Balaban J connectivity index is 2.30. The van der Waals surface area contributed by atoms with Gasteiger partial charge >= 0.3 is 0 Å². The van der Waals surface area contributed by atoms with Crippen LogP contribution in [0.5, 0.6) is 0 Å². The fourth-order valence-corrected chi connectivity index (χ4v) is 4.84. The molecule has 0 spiro atoms. The van der Waals surface area contributed by atoms with Crippen molar-refractivity contribution in [1.82, 2.24) is 0 Å². The molecule has 0 radical (unpaired) electrons. The predicted molar refractivity (Wildman–Crippen MR) is 82.1 cm³/mol. The minimum Gasteiger partial charge on any atom is -0.393 e. The highest BCUT2D eigenvalue weighted by Crippen LogP contribution is 2.52. The molecule has 0 heterocycles. The molecular weight excluding hydrogens is 278 g/mol. The summed E-state index contributed by atoms with van der Waals surface area (Å²) in [5.74, 6) is -0.124.